The van der Waals surface area contributed by atoms with Gasteiger partial charge in [-0.15, -0.1) is 34.2 Å². The van der Waals surface area contributed by atoms with E-state index >= 15 is 0 Å². The van der Waals surface area contributed by atoms with E-state index in [2.05, 4.69) is 39.5 Å². The number of hydrogen-bond donors (Lipinski definition) is 1. The van der Waals surface area contributed by atoms with Crippen molar-refractivity contribution < 1.29 is 4.74 Å². The van der Waals surface area contributed by atoms with Gasteiger partial charge in [0.25, 0.3) is 0 Å². The van der Waals surface area contributed by atoms with E-state index in [1.54, 1.807) is 0 Å². The smallest absolute Gasteiger partial charge is 0.193 e. The van der Waals surface area contributed by atoms with Crippen molar-refractivity contribution in [3.8, 4) is 5.75 Å². The number of pyridine rings is 1. The van der Waals surface area contributed by atoms with Crippen LogP contribution < -0.4 is 10.1 Å². The summed E-state index contributed by atoms with van der Waals surface area (Å²) in [7, 11) is 2.05. The summed E-state index contributed by atoms with van der Waals surface area (Å²) in [5.74, 6) is 2.70. The molecule has 0 saturated heterocycles. The molecule has 0 saturated carbocycles. The molecule has 0 unspecified atom stereocenters. The van der Waals surface area contributed by atoms with E-state index in [-0.39, 0.29) is 24.0 Å². The van der Waals surface area contributed by atoms with Gasteiger partial charge in [-0.25, -0.2) is 0 Å². The van der Waals surface area contributed by atoms with Gasteiger partial charge in [-0.2, -0.15) is 0 Å². The third-order valence-corrected chi connectivity index (χ3v) is 4.33. The van der Waals surface area contributed by atoms with Crippen LogP contribution in [0.2, 0.25) is 0 Å². The first-order chi connectivity index (χ1) is 13.7. The van der Waals surface area contributed by atoms with Gasteiger partial charge in [0.05, 0.1) is 6.61 Å². The summed E-state index contributed by atoms with van der Waals surface area (Å²) in [4.78, 5) is 6.89. The first-order valence-electron chi connectivity index (χ1n) is 9.71. The zero-order chi connectivity index (χ0) is 19.8. The number of aliphatic imine (C=N–C) groups is 1. The number of halogens is 1. The lowest BCUT2D eigenvalue weighted by Crippen LogP contribution is -2.38. The Morgan fingerprint density at radius 3 is 2.66 bits per heavy atom. The fraction of sp³-hybridized carbons (Fsp3) is 0.381. The lowest BCUT2D eigenvalue weighted by Gasteiger charge is -2.22. The van der Waals surface area contributed by atoms with Crippen LogP contribution in [0.5, 0.6) is 5.75 Å². The minimum absolute atomic E-state index is 0. The maximum absolute atomic E-state index is 5.51. The third kappa shape index (κ3) is 6.31. The van der Waals surface area contributed by atoms with Crippen molar-refractivity contribution in [2.75, 3.05) is 26.7 Å². The number of rotatable bonds is 8. The molecule has 0 bridgehead atoms. The highest BCUT2D eigenvalue weighted by atomic mass is 127. The van der Waals surface area contributed by atoms with Gasteiger partial charge in [0.15, 0.2) is 11.6 Å². The van der Waals surface area contributed by atoms with Crippen molar-refractivity contribution in [2.24, 2.45) is 4.99 Å². The highest BCUT2D eigenvalue weighted by Crippen LogP contribution is 2.13. The van der Waals surface area contributed by atoms with Gasteiger partial charge in [0, 0.05) is 39.3 Å². The Kier molecular flexibility index (Phi) is 9.17. The Hall–Kier alpha value is -2.36. The first-order valence-corrected chi connectivity index (χ1v) is 9.71. The monoisotopic (exact) mass is 508 g/mol. The Balaban J connectivity index is 0.00000300. The van der Waals surface area contributed by atoms with E-state index in [9.17, 15) is 0 Å². The van der Waals surface area contributed by atoms with E-state index in [1.807, 2.05) is 54.9 Å². The highest BCUT2D eigenvalue weighted by Gasteiger charge is 2.08. The molecule has 7 nitrogen and oxygen atoms in total. The van der Waals surface area contributed by atoms with E-state index in [0.29, 0.717) is 13.2 Å². The van der Waals surface area contributed by atoms with Crippen LogP contribution in [0, 0.1) is 0 Å². The molecule has 1 N–H and O–H groups in total. The number of fused-ring (bicyclic) bond motifs is 1. The molecule has 156 valence electrons. The maximum atomic E-state index is 5.51. The van der Waals surface area contributed by atoms with Gasteiger partial charge < -0.3 is 15.0 Å². The largest absolute Gasteiger partial charge is 0.494 e. The van der Waals surface area contributed by atoms with Crippen LogP contribution in [-0.4, -0.2) is 52.2 Å². The Labute approximate surface area is 189 Å². The topological polar surface area (TPSA) is 67.0 Å². The molecule has 0 aliphatic carbocycles. The fourth-order valence-electron chi connectivity index (χ4n) is 3.00. The Morgan fingerprint density at radius 1 is 1.14 bits per heavy atom. The molecule has 3 rings (SSSR count). The molecule has 2 heterocycles. The van der Waals surface area contributed by atoms with Crippen LogP contribution in [0.3, 0.4) is 0 Å². The van der Waals surface area contributed by atoms with Gasteiger partial charge in [-0.05, 0) is 43.7 Å². The second kappa shape index (κ2) is 11.6. The van der Waals surface area contributed by atoms with Crippen LogP contribution in [0.1, 0.15) is 25.2 Å². The van der Waals surface area contributed by atoms with E-state index in [4.69, 9.17) is 9.73 Å². The Morgan fingerprint density at radius 2 is 1.93 bits per heavy atom. The minimum Gasteiger partial charge on any atom is -0.494 e. The van der Waals surface area contributed by atoms with Crippen molar-refractivity contribution in [2.45, 2.75) is 26.8 Å². The van der Waals surface area contributed by atoms with Crippen LogP contribution in [-0.2, 0) is 13.0 Å². The molecule has 0 amide bonds. The summed E-state index contributed by atoms with van der Waals surface area (Å²) in [5, 5.41) is 11.8. The summed E-state index contributed by atoms with van der Waals surface area (Å²) in [5.41, 5.74) is 2.07. The molecule has 8 heteroatoms. The molecule has 0 atom stereocenters. The summed E-state index contributed by atoms with van der Waals surface area (Å²) in [6.45, 7) is 6.98. The van der Waals surface area contributed by atoms with Gasteiger partial charge in [0.2, 0.25) is 0 Å². The molecular formula is C21H29IN6O. The molecule has 0 aliphatic heterocycles. The molecule has 29 heavy (non-hydrogen) atoms. The molecule has 0 radical (unpaired) electrons. The summed E-state index contributed by atoms with van der Waals surface area (Å²) >= 11 is 0. The minimum atomic E-state index is 0. The van der Waals surface area contributed by atoms with Crippen molar-refractivity contribution in [1.82, 2.24) is 24.8 Å². The molecule has 3 aromatic rings. The van der Waals surface area contributed by atoms with Crippen LogP contribution in [0.4, 0.5) is 0 Å². The molecule has 1 aromatic carbocycles. The van der Waals surface area contributed by atoms with Crippen molar-refractivity contribution in [1.29, 1.82) is 0 Å². The lowest BCUT2D eigenvalue weighted by atomic mass is 10.2. The summed E-state index contributed by atoms with van der Waals surface area (Å²) < 4.78 is 7.51. The van der Waals surface area contributed by atoms with Crippen LogP contribution in [0.25, 0.3) is 5.65 Å². The number of aromatic nitrogens is 3. The molecular weight excluding hydrogens is 479 g/mol. The molecule has 2 aromatic heterocycles. The van der Waals surface area contributed by atoms with Gasteiger partial charge in [0.1, 0.15) is 11.6 Å². The normalized spacial score (nSPS) is 11.2. The van der Waals surface area contributed by atoms with E-state index in [1.165, 1.54) is 5.56 Å². The number of ether oxygens (including phenoxy) is 1. The number of hydrogen-bond acceptors (Lipinski definition) is 4. The summed E-state index contributed by atoms with van der Waals surface area (Å²) in [6, 6.07) is 14.1. The molecule has 0 aliphatic rings. The van der Waals surface area contributed by atoms with Crippen LogP contribution in [0.15, 0.2) is 53.7 Å². The van der Waals surface area contributed by atoms with Crippen molar-refractivity contribution >= 4 is 35.6 Å². The average Bonchev–Trinajstić information content (AvgIpc) is 3.12. The average molecular weight is 508 g/mol. The number of nitrogens with zero attached hydrogens (tertiary/aromatic N) is 5. The lowest BCUT2D eigenvalue weighted by molar-refractivity contribution is 0.340. The predicted molar refractivity (Wildman–Crippen MR) is 127 cm³/mol. The standard InChI is InChI=1S/C21H28N6O.HI/c1-4-22-21(26(3)16-17-9-11-18(12-10-17)28-5-2)23-14-13-20-25-24-19-8-6-7-15-27(19)20;/h6-12,15H,4-5,13-14,16H2,1-3H3,(H,22,23);1H. The SMILES string of the molecule is CCNC(=NCCc1nnc2ccccn12)N(C)Cc1ccc(OCC)cc1.I. The van der Waals surface area contributed by atoms with E-state index in [0.717, 1.165) is 42.7 Å². The number of guanidine groups is 1. The zero-order valence-corrected chi connectivity index (χ0v) is 19.5. The summed E-state index contributed by atoms with van der Waals surface area (Å²) in [6.07, 6.45) is 2.72. The third-order valence-electron chi connectivity index (χ3n) is 4.33. The quantitative estimate of drug-likeness (QED) is 0.287. The van der Waals surface area contributed by atoms with Crippen molar-refractivity contribution in [3.05, 3.63) is 60.0 Å². The second-order valence-electron chi connectivity index (χ2n) is 6.46. The van der Waals surface area contributed by atoms with Gasteiger partial charge >= 0.3 is 0 Å². The molecule has 0 spiro atoms. The number of nitrogens with one attached hydrogen (secondary N) is 1. The fourth-order valence-corrected chi connectivity index (χ4v) is 3.00. The van der Waals surface area contributed by atoms with E-state index < -0.39 is 0 Å². The van der Waals surface area contributed by atoms with Crippen LogP contribution >= 0.6 is 24.0 Å². The second-order valence-corrected chi connectivity index (χ2v) is 6.46. The predicted octanol–water partition coefficient (Wildman–Crippen LogP) is 3.39. The Bertz CT molecular complexity index is 909. The zero-order valence-electron chi connectivity index (χ0n) is 17.2. The highest BCUT2D eigenvalue weighted by molar-refractivity contribution is 14.0. The van der Waals surface area contributed by atoms with Gasteiger partial charge in [-0.1, -0.05) is 18.2 Å². The number of benzene rings is 1. The van der Waals surface area contributed by atoms with Crippen molar-refractivity contribution in [3.63, 3.8) is 0 Å². The van der Waals surface area contributed by atoms with Gasteiger partial charge in [-0.3, -0.25) is 9.39 Å². The first kappa shape index (κ1) is 22.9. The molecule has 0 fully saturated rings. The maximum Gasteiger partial charge on any atom is 0.193 e.